The molecule has 0 radical (unpaired) electrons. The Morgan fingerprint density at radius 1 is 1.59 bits per heavy atom. The smallest absolute Gasteiger partial charge is 0.285 e. The lowest BCUT2D eigenvalue weighted by Crippen LogP contribution is -2.27. The van der Waals surface area contributed by atoms with Crippen LogP contribution in [0, 0.1) is 10.1 Å². The van der Waals surface area contributed by atoms with Crippen molar-refractivity contribution in [2.24, 2.45) is 0 Å². The van der Waals surface area contributed by atoms with Crippen molar-refractivity contribution in [3.63, 3.8) is 0 Å². The molecule has 92 valence electrons. The summed E-state index contributed by atoms with van der Waals surface area (Å²) in [4.78, 5) is 21.8. The minimum absolute atomic E-state index is 0.0219. The third-order valence-electron chi connectivity index (χ3n) is 2.05. The number of amides is 1. The highest BCUT2D eigenvalue weighted by Gasteiger charge is 2.24. The number of rotatable bonds is 5. The van der Waals surface area contributed by atoms with Gasteiger partial charge in [-0.25, -0.2) is 0 Å². The number of aliphatic hydroxyl groups excluding tert-OH is 1. The van der Waals surface area contributed by atoms with Gasteiger partial charge in [0.05, 0.1) is 18.6 Å². The quantitative estimate of drug-likeness (QED) is 0.570. The van der Waals surface area contributed by atoms with E-state index in [1.807, 2.05) is 0 Å². The van der Waals surface area contributed by atoms with Crippen LogP contribution in [0.15, 0.2) is 18.2 Å². The van der Waals surface area contributed by atoms with Crippen LogP contribution < -0.4 is 10.1 Å². The molecule has 17 heavy (non-hydrogen) atoms. The fourth-order valence-corrected chi connectivity index (χ4v) is 1.33. The minimum atomic E-state index is -0.656. The number of ether oxygens (including phenoxy) is 1. The predicted molar refractivity (Wildman–Crippen MR) is 59.1 cm³/mol. The van der Waals surface area contributed by atoms with Crippen LogP contribution >= 0.6 is 0 Å². The summed E-state index contributed by atoms with van der Waals surface area (Å²) < 4.78 is 4.91. The van der Waals surface area contributed by atoms with E-state index in [-0.39, 0.29) is 30.2 Å². The van der Waals surface area contributed by atoms with E-state index in [0.717, 1.165) is 0 Å². The van der Waals surface area contributed by atoms with Gasteiger partial charge in [0.25, 0.3) is 11.6 Å². The Bertz CT molecular complexity index is 433. The summed E-state index contributed by atoms with van der Waals surface area (Å²) in [6.45, 7) is -0.220. The molecule has 0 aromatic heterocycles. The fourth-order valence-electron chi connectivity index (χ4n) is 1.33. The topological polar surface area (TPSA) is 102 Å². The van der Waals surface area contributed by atoms with E-state index >= 15 is 0 Å². The summed E-state index contributed by atoms with van der Waals surface area (Å²) in [7, 11) is 1.32. The largest absolute Gasteiger partial charge is 0.496 e. The number of aliphatic hydroxyl groups is 1. The van der Waals surface area contributed by atoms with Crippen LogP contribution in [0.1, 0.15) is 10.4 Å². The number of nitrogens with one attached hydrogen (secondary N) is 1. The van der Waals surface area contributed by atoms with Gasteiger partial charge >= 0.3 is 0 Å². The summed E-state index contributed by atoms with van der Waals surface area (Å²) in [6.07, 6.45) is 0. The molecule has 1 amide bonds. The van der Waals surface area contributed by atoms with E-state index in [0.29, 0.717) is 0 Å². The van der Waals surface area contributed by atoms with Crippen LogP contribution in [0.2, 0.25) is 0 Å². The zero-order valence-electron chi connectivity index (χ0n) is 9.17. The molecule has 0 spiro atoms. The summed E-state index contributed by atoms with van der Waals surface area (Å²) in [5.74, 6) is -0.530. The minimum Gasteiger partial charge on any atom is -0.496 e. The third kappa shape index (κ3) is 2.91. The van der Waals surface area contributed by atoms with Gasteiger partial charge in [0.2, 0.25) is 0 Å². The summed E-state index contributed by atoms with van der Waals surface area (Å²) in [6, 6.07) is 4.11. The number of carbonyl (C=O) groups is 1. The first-order valence-corrected chi connectivity index (χ1v) is 4.82. The van der Waals surface area contributed by atoms with E-state index in [9.17, 15) is 14.9 Å². The number of nitrogens with zero attached hydrogens (tertiary/aromatic N) is 1. The molecule has 0 saturated carbocycles. The molecular formula is C10H12N2O5. The number of benzene rings is 1. The molecule has 7 nitrogen and oxygen atoms in total. The molecule has 0 aliphatic carbocycles. The van der Waals surface area contributed by atoms with Gasteiger partial charge in [-0.1, -0.05) is 6.07 Å². The monoisotopic (exact) mass is 240 g/mol. The molecule has 2 N–H and O–H groups in total. The Hall–Kier alpha value is -2.15. The molecule has 1 aromatic rings. The summed E-state index contributed by atoms with van der Waals surface area (Å²) in [5, 5.41) is 21.7. The molecule has 0 heterocycles. The molecule has 0 unspecified atom stereocenters. The number of hydrogen-bond donors (Lipinski definition) is 2. The fraction of sp³-hybridized carbons (Fsp3) is 0.300. The number of methoxy groups -OCH3 is 1. The standard InChI is InChI=1S/C10H12N2O5/c1-17-8-4-2-3-7(12(15)16)9(8)10(14)11-5-6-13/h2-4,13H,5-6H2,1H3,(H,11,14). The highest BCUT2D eigenvalue weighted by Crippen LogP contribution is 2.27. The first-order valence-electron chi connectivity index (χ1n) is 4.82. The average Bonchev–Trinajstić information content (AvgIpc) is 2.34. The molecule has 0 saturated heterocycles. The Morgan fingerprint density at radius 2 is 2.29 bits per heavy atom. The average molecular weight is 240 g/mol. The van der Waals surface area contributed by atoms with Crippen molar-refractivity contribution in [1.82, 2.24) is 5.32 Å². The van der Waals surface area contributed by atoms with Gasteiger partial charge in [-0.2, -0.15) is 0 Å². The zero-order chi connectivity index (χ0) is 12.8. The second kappa shape index (κ2) is 5.80. The second-order valence-electron chi connectivity index (χ2n) is 3.09. The highest BCUT2D eigenvalue weighted by molar-refractivity contribution is 6.00. The van der Waals surface area contributed by atoms with E-state index in [1.165, 1.54) is 25.3 Å². The van der Waals surface area contributed by atoms with Crippen molar-refractivity contribution < 1.29 is 19.6 Å². The van der Waals surface area contributed by atoms with Gasteiger partial charge in [0.1, 0.15) is 5.75 Å². The SMILES string of the molecule is COc1cccc([N+](=O)[O-])c1C(=O)NCCO. The van der Waals surface area contributed by atoms with Gasteiger partial charge in [0.15, 0.2) is 5.56 Å². The summed E-state index contributed by atoms with van der Waals surface area (Å²) in [5.41, 5.74) is -0.478. The number of hydrogen-bond acceptors (Lipinski definition) is 5. The number of nitro groups is 1. The predicted octanol–water partition coefficient (Wildman–Crippen LogP) is 0.325. The van der Waals surface area contributed by atoms with Gasteiger partial charge < -0.3 is 15.2 Å². The third-order valence-corrected chi connectivity index (χ3v) is 2.05. The van der Waals surface area contributed by atoms with Gasteiger partial charge in [-0.15, -0.1) is 0 Å². The Kier molecular flexibility index (Phi) is 4.41. The maximum absolute atomic E-state index is 11.7. The molecular weight excluding hydrogens is 228 g/mol. The van der Waals surface area contributed by atoms with Crippen molar-refractivity contribution in [2.45, 2.75) is 0 Å². The molecule has 1 aromatic carbocycles. The Labute approximate surface area is 97.2 Å². The molecule has 0 fully saturated rings. The lowest BCUT2D eigenvalue weighted by atomic mass is 10.1. The maximum Gasteiger partial charge on any atom is 0.285 e. The van der Waals surface area contributed by atoms with Crippen molar-refractivity contribution in [1.29, 1.82) is 0 Å². The normalized spacial score (nSPS) is 9.76. The molecule has 1 rings (SSSR count). The van der Waals surface area contributed by atoms with Crippen LogP contribution in [-0.4, -0.2) is 36.2 Å². The Balaban J connectivity index is 3.17. The lowest BCUT2D eigenvalue weighted by molar-refractivity contribution is -0.385. The van der Waals surface area contributed by atoms with E-state index in [2.05, 4.69) is 5.32 Å². The molecule has 0 atom stereocenters. The first kappa shape index (κ1) is 12.9. The molecule has 0 aliphatic heterocycles. The highest BCUT2D eigenvalue weighted by atomic mass is 16.6. The Morgan fingerprint density at radius 3 is 2.82 bits per heavy atom. The number of nitro benzene ring substituents is 1. The number of carbonyl (C=O) groups excluding carboxylic acids is 1. The van der Waals surface area contributed by atoms with E-state index in [4.69, 9.17) is 9.84 Å². The van der Waals surface area contributed by atoms with Crippen LogP contribution in [0.3, 0.4) is 0 Å². The van der Waals surface area contributed by atoms with Crippen molar-refractivity contribution in [3.05, 3.63) is 33.9 Å². The van der Waals surface area contributed by atoms with Crippen LogP contribution in [-0.2, 0) is 0 Å². The van der Waals surface area contributed by atoms with Gasteiger partial charge in [-0.05, 0) is 6.07 Å². The molecule has 7 heteroatoms. The first-order chi connectivity index (χ1) is 8.11. The van der Waals surface area contributed by atoms with Crippen molar-refractivity contribution in [3.8, 4) is 5.75 Å². The van der Waals surface area contributed by atoms with Gasteiger partial charge in [-0.3, -0.25) is 14.9 Å². The van der Waals surface area contributed by atoms with E-state index < -0.39 is 10.8 Å². The van der Waals surface area contributed by atoms with Crippen LogP contribution in [0.4, 0.5) is 5.69 Å². The van der Waals surface area contributed by atoms with Crippen molar-refractivity contribution >= 4 is 11.6 Å². The molecule has 0 bridgehead atoms. The molecule has 0 aliphatic rings. The lowest BCUT2D eigenvalue weighted by Gasteiger charge is -2.08. The zero-order valence-corrected chi connectivity index (χ0v) is 9.17. The van der Waals surface area contributed by atoms with Crippen LogP contribution in [0.25, 0.3) is 0 Å². The van der Waals surface area contributed by atoms with Crippen LogP contribution in [0.5, 0.6) is 5.75 Å². The van der Waals surface area contributed by atoms with Gasteiger partial charge in [0, 0.05) is 12.6 Å². The maximum atomic E-state index is 11.7. The van der Waals surface area contributed by atoms with E-state index in [1.54, 1.807) is 0 Å². The summed E-state index contributed by atoms with van der Waals surface area (Å²) >= 11 is 0. The van der Waals surface area contributed by atoms with Crippen molar-refractivity contribution in [2.75, 3.05) is 20.3 Å². The second-order valence-corrected chi connectivity index (χ2v) is 3.09.